The van der Waals surface area contributed by atoms with Gasteiger partial charge in [-0.05, 0) is 17.5 Å². The fraction of sp³-hybridized carbons (Fsp3) is 0.381. The van der Waals surface area contributed by atoms with Crippen LogP contribution in [0.25, 0.3) is 0 Å². The highest BCUT2D eigenvalue weighted by molar-refractivity contribution is 7.88. The Labute approximate surface area is 166 Å². The second kappa shape index (κ2) is 9.32. The molecule has 3 N–H and O–H groups in total. The highest BCUT2D eigenvalue weighted by atomic mass is 32.2. The van der Waals surface area contributed by atoms with Crippen LogP contribution in [0.1, 0.15) is 23.5 Å². The molecular weight excluding hydrogens is 374 g/mol. The van der Waals surface area contributed by atoms with Gasteiger partial charge >= 0.3 is 0 Å². The molecule has 2 unspecified atom stereocenters. The molecule has 1 amide bonds. The molecule has 7 heteroatoms. The highest BCUT2D eigenvalue weighted by Gasteiger charge is 2.29. The number of benzene rings is 2. The average Bonchev–Trinajstić information content (AvgIpc) is 2.68. The fourth-order valence-electron chi connectivity index (χ4n) is 3.68. The van der Waals surface area contributed by atoms with Crippen molar-refractivity contribution in [3.63, 3.8) is 0 Å². The van der Waals surface area contributed by atoms with Gasteiger partial charge in [-0.1, -0.05) is 60.7 Å². The second-order valence-electron chi connectivity index (χ2n) is 7.30. The number of hydrogen-bond donors (Lipinski definition) is 3. The molecule has 0 aromatic heterocycles. The van der Waals surface area contributed by atoms with Crippen molar-refractivity contribution in [2.45, 2.75) is 18.4 Å². The summed E-state index contributed by atoms with van der Waals surface area (Å²) in [6.07, 6.45) is 1.63. The van der Waals surface area contributed by atoms with E-state index in [1.165, 1.54) is 0 Å². The van der Waals surface area contributed by atoms with Crippen molar-refractivity contribution in [2.75, 3.05) is 25.9 Å². The Bertz CT molecular complexity index is 833. The molecule has 1 heterocycles. The van der Waals surface area contributed by atoms with Crippen LogP contribution in [-0.4, -0.2) is 46.3 Å². The molecule has 0 radical (unpaired) electrons. The van der Waals surface area contributed by atoms with Gasteiger partial charge in [0.1, 0.15) is 0 Å². The summed E-state index contributed by atoms with van der Waals surface area (Å²) < 4.78 is 25.5. The molecule has 1 saturated heterocycles. The standard InChI is InChI=1S/C21H27N3O3S/c1-28(26,27)24-19-12-18(13-22-14-19)21(25)23-15-20(16-8-4-2-5-9-16)17-10-6-3-7-11-17/h2-11,18-20,22,24H,12-15H2,1H3,(H,23,25). The van der Waals surface area contributed by atoms with Crippen molar-refractivity contribution >= 4 is 15.9 Å². The topological polar surface area (TPSA) is 87.3 Å². The Hall–Kier alpha value is -2.22. The van der Waals surface area contributed by atoms with Crippen LogP contribution in [0.15, 0.2) is 60.7 Å². The second-order valence-corrected chi connectivity index (χ2v) is 9.08. The minimum absolute atomic E-state index is 0.0515. The van der Waals surface area contributed by atoms with Gasteiger partial charge in [-0.15, -0.1) is 0 Å². The molecule has 1 aliphatic heterocycles. The summed E-state index contributed by atoms with van der Waals surface area (Å²) in [7, 11) is -3.29. The number of amides is 1. The van der Waals surface area contributed by atoms with E-state index in [0.29, 0.717) is 26.1 Å². The van der Waals surface area contributed by atoms with Crippen LogP contribution < -0.4 is 15.4 Å². The summed E-state index contributed by atoms with van der Waals surface area (Å²) in [5, 5.41) is 6.23. The molecule has 0 spiro atoms. The Morgan fingerprint density at radius 1 is 1.04 bits per heavy atom. The predicted molar refractivity (Wildman–Crippen MR) is 110 cm³/mol. The maximum absolute atomic E-state index is 12.7. The first kappa shape index (κ1) is 20.5. The summed E-state index contributed by atoms with van der Waals surface area (Å²) in [4.78, 5) is 12.7. The molecule has 2 aromatic rings. The Balaban J connectivity index is 1.65. The van der Waals surface area contributed by atoms with Gasteiger partial charge in [0.2, 0.25) is 15.9 Å². The molecule has 28 heavy (non-hydrogen) atoms. The summed E-state index contributed by atoms with van der Waals surface area (Å²) >= 11 is 0. The number of piperidine rings is 1. The van der Waals surface area contributed by atoms with Crippen LogP contribution in [0.3, 0.4) is 0 Å². The summed E-state index contributed by atoms with van der Waals surface area (Å²) in [6, 6.07) is 20.0. The van der Waals surface area contributed by atoms with Gasteiger partial charge in [0.05, 0.1) is 12.2 Å². The molecule has 2 atom stereocenters. The van der Waals surface area contributed by atoms with Crippen LogP contribution in [0, 0.1) is 5.92 Å². The van der Waals surface area contributed by atoms with Gasteiger partial charge in [-0.2, -0.15) is 0 Å². The normalized spacial score (nSPS) is 20.1. The summed E-state index contributed by atoms with van der Waals surface area (Å²) in [6.45, 7) is 1.58. The largest absolute Gasteiger partial charge is 0.355 e. The molecule has 0 aliphatic carbocycles. The van der Waals surface area contributed by atoms with Crippen molar-refractivity contribution < 1.29 is 13.2 Å². The van der Waals surface area contributed by atoms with E-state index < -0.39 is 10.0 Å². The SMILES string of the molecule is CS(=O)(=O)NC1CNCC(C(=O)NCC(c2ccccc2)c2ccccc2)C1. The molecular formula is C21H27N3O3S. The van der Waals surface area contributed by atoms with E-state index in [1.54, 1.807) is 0 Å². The van der Waals surface area contributed by atoms with Crippen molar-refractivity contribution in [1.29, 1.82) is 0 Å². The van der Waals surface area contributed by atoms with Gasteiger partial charge in [-0.3, -0.25) is 4.79 Å². The number of sulfonamides is 1. The van der Waals surface area contributed by atoms with Crippen LogP contribution in [-0.2, 0) is 14.8 Å². The first-order valence-corrected chi connectivity index (χ1v) is 11.4. The lowest BCUT2D eigenvalue weighted by Crippen LogP contribution is -2.52. The lowest BCUT2D eigenvalue weighted by Gasteiger charge is -2.30. The number of hydrogen-bond acceptors (Lipinski definition) is 4. The van der Waals surface area contributed by atoms with E-state index in [1.807, 2.05) is 36.4 Å². The Morgan fingerprint density at radius 3 is 2.14 bits per heavy atom. The maximum atomic E-state index is 12.7. The van der Waals surface area contributed by atoms with Crippen molar-refractivity contribution in [2.24, 2.45) is 5.92 Å². The van der Waals surface area contributed by atoms with Crippen LogP contribution in [0.5, 0.6) is 0 Å². The predicted octanol–water partition coefficient (Wildman–Crippen LogP) is 1.46. The lowest BCUT2D eigenvalue weighted by molar-refractivity contribution is -0.125. The van der Waals surface area contributed by atoms with Gasteiger partial charge in [-0.25, -0.2) is 13.1 Å². The van der Waals surface area contributed by atoms with E-state index in [-0.39, 0.29) is 23.8 Å². The average molecular weight is 402 g/mol. The van der Waals surface area contributed by atoms with E-state index in [9.17, 15) is 13.2 Å². The molecule has 0 bridgehead atoms. The third kappa shape index (κ3) is 5.89. The number of carbonyl (C=O) groups is 1. The molecule has 3 rings (SSSR count). The number of carbonyl (C=O) groups excluding carboxylic acids is 1. The zero-order valence-electron chi connectivity index (χ0n) is 16.0. The van der Waals surface area contributed by atoms with Crippen LogP contribution in [0.4, 0.5) is 0 Å². The maximum Gasteiger partial charge on any atom is 0.224 e. The fourth-order valence-corrected chi connectivity index (χ4v) is 4.47. The van der Waals surface area contributed by atoms with Crippen LogP contribution in [0.2, 0.25) is 0 Å². The minimum Gasteiger partial charge on any atom is -0.355 e. The third-order valence-electron chi connectivity index (χ3n) is 4.99. The first-order valence-electron chi connectivity index (χ1n) is 9.48. The van der Waals surface area contributed by atoms with E-state index in [4.69, 9.17) is 0 Å². The third-order valence-corrected chi connectivity index (χ3v) is 5.75. The van der Waals surface area contributed by atoms with Crippen molar-refractivity contribution in [3.8, 4) is 0 Å². The molecule has 2 aromatic carbocycles. The van der Waals surface area contributed by atoms with Crippen molar-refractivity contribution in [1.82, 2.24) is 15.4 Å². The Morgan fingerprint density at radius 2 is 1.61 bits per heavy atom. The number of nitrogens with one attached hydrogen (secondary N) is 3. The smallest absolute Gasteiger partial charge is 0.224 e. The van der Waals surface area contributed by atoms with Gasteiger partial charge in [0, 0.05) is 31.6 Å². The summed E-state index contributed by atoms with van der Waals surface area (Å²) in [5.41, 5.74) is 2.29. The molecule has 1 aliphatic rings. The van der Waals surface area contributed by atoms with Gasteiger partial charge < -0.3 is 10.6 Å². The molecule has 6 nitrogen and oxygen atoms in total. The monoisotopic (exact) mass is 401 g/mol. The van der Waals surface area contributed by atoms with E-state index >= 15 is 0 Å². The lowest BCUT2D eigenvalue weighted by atomic mass is 9.90. The van der Waals surface area contributed by atoms with E-state index in [0.717, 1.165) is 17.4 Å². The first-order chi connectivity index (χ1) is 13.4. The molecule has 150 valence electrons. The van der Waals surface area contributed by atoms with Gasteiger partial charge in [0.25, 0.3) is 0 Å². The van der Waals surface area contributed by atoms with Crippen molar-refractivity contribution in [3.05, 3.63) is 71.8 Å². The molecule has 1 fully saturated rings. The molecule has 0 saturated carbocycles. The van der Waals surface area contributed by atoms with Gasteiger partial charge in [0.15, 0.2) is 0 Å². The quantitative estimate of drug-likeness (QED) is 0.656. The number of rotatable bonds is 7. The zero-order valence-corrected chi connectivity index (χ0v) is 16.8. The van der Waals surface area contributed by atoms with E-state index in [2.05, 4.69) is 39.6 Å². The minimum atomic E-state index is -3.29. The zero-order chi connectivity index (χ0) is 20.0. The highest BCUT2D eigenvalue weighted by Crippen LogP contribution is 2.24. The summed E-state index contributed by atoms with van der Waals surface area (Å²) in [5.74, 6) is -0.252. The Kier molecular flexibility index (Phi) is 6.83. The van der Waals surface area contributed by atoms with Crippen LogP contribution >= 0.6 is 0 Å².